The van der Waals surface area contributed by atoms with Gasteiger partial charge in [-0.25, -0.2) is 4.99 Å². The van der Waals surface area contributed by atoms with Crippen molar-refractivity contribution >= 4 is 28.7 Å². The highest BCUT2D eigenvalue weighted by molar-refractivity contribution is 6.50. The second-order valence-electron chi connectivity index (χ2n) is 4.54. The van der Waals surface area contributed by atoms with Crippen molar-refractivity contribution < 1.29 is 9.59 Å². The lowest BCUT2D eigenvalue weighted by atomic mass is 9.99. The average Bonchev–Trinajstić information content (AvgIpc) is 2.35. The van der Waals surface area contributed by atoms with E-state index in [-0.39, 0.29) is 23.7 Å². The SMILES string of the molecule is CN(C)C1=CC(=O)C(=Nc2ccc(N)cc2)CC1=O. The third-order valence-corrected chi connectivity index (χ3v) is 2.80. The van der Waals surface area contributed by atoms with E-state index in [9.17, 15) is 9.59 Å². The molecule has 0 aliphatic heterocycles. The van der Waals surface area contributed by atoms with Crippen LogP contribution in [0.15, 0.2) is 41.0 Å². The Labute approximate surface area is 111 Å². The van der Waals surface area contributed by atoms with Crippen LogP contribution < -0.4 is 5.73 Å². The average molecular weight is 257 g/mol. The number of Topliss-reactive ketones (excluding diaryl/α,β-unsaturated/α-hetero) is 1. The summed E-state index contributed by atoms with van der Waals surface area (Å²) in [5.41, 5.74) is 7.51. The maximum Gasteiger partial charge on any atom is 0.202 e. The van der Waals surface area contributed by atoms with E-state index in [1.165, 1.54) is 6.08 Å². The highest BCUT2D eigenvalue weighted by Gasteiger charge is 2.25. The van der Waals surface area contributed by atoms with Crippen molar-refractivity contribution in [1.29, 1.82) is 0 Å². The normalized spacial score (nSPS) is 17.6. The molecule has 5 heteroatoms. The minimum atomic E-state index is -0.222. The second-order valence-corrected chi connectivity index (χ2v) is 4.54. The van der Waals surface area contributed by atoms with Gasteiger partial charge < -0.3 is 10.6 Å². The van der Waals surface area contributed by atoms with Gasteiger partial charge in [0.05, 0.1) is 23.5 Å². The lowest BCUT2D eigenvalue weighted by Crippen LogP contribution is -2.30. The molecule has 5 nitrogen and oxygen atoms in total. The lowest BCUT2D eigenvalue weighted by Gasteiger charge is -2.19. The molecule has 0 amide bonds. The van der Waals surface area contributed by atoms with Gasteiger partial charge in [0.1, 0.15) is 0 Å². The summed E-state index contributed by atoms with van der Waals surface area (Å²) in [4.78, 5) is 29.6. The Bertz CT molecular complexity index is 583. The number of nitrogens with zero attached hydrogens (tertiary/aromatic N) is 2. The molecular formula is C14H15N3O2. The van der Waals surface area contributed by atoms with Gasteiger partial charge in [-0.2, -0.15) is 0 Å². The fraction of sp³-hybridized carbons (Fsp3) is 0.214. The standard InChI is InChI=1S/C14H15N3O2/c1-17(2)12-8-13(18)11(7-14(12)19)16-10-5-3-9(15)4-6-10/h3-6,8H,7,15H2,1-2H3. The first-order valence-corrected chi connectivity index (χ1v) is 5.87. The van der Waals surface area contributed by atoms with E-state index in [0.717, 1.165) is 0 Å². The molecule has 0 unspecified atom stereocenters. The zero-order chi connectivity index (χ0) is 14.0. The Morgan fingerprint density at radius 1 is 1.16 bits per heavy atom. The fourth-order valence-electron chi connectivity index (χ4n) is 1.80. The van der Waals surface area contributed by atoms with Crippen molar-refractivity contribution in [3.63, 3.8) is 0 Å². The summed E-state index contributed by atoms with van der Waals surface area (Å²) in [6, 6.07) is 6.84. The Hall–Kier alpha value is -2.43. The smallest absolute Gasteiger partial charge is 0.202 e. The summed E-state index contributed by atoms with van der Waals surface area (Å²) in [6.45, 7) is 0. The van der Waals surface area contributed by atoms with Crippen molar-refractivity contribution in [2.45, 2.75) is 6.42 Å². The summed E-state index contributed by atoms with van der Waals surface area (Å²) in [7, 11) is 3.47. The van der Waals surface area contributed by atoms with Gasteiger partial charge in [0.25, 0.3) is 0 Å². The lowest BCUT2D eigenvalue weighted by molar-refractivity contribution is -0.118. The van der Waals surface area contributed by atoms with E-state index in [0.29, 0.717) is 17.1 Å². The molecule has 0 radical (unpaired) electrons. The van der Waals surface area contributed by atoms with Gasteiger partial charge in [-0.05, 0) is 24.3 Å². The number of allylic oxidation sites excluding steroid dienone is 2. The Kier molecular flexibility index (Phi) is 3.46. The van der Waals surface area contributed by atoms with Crippen LogP contribution in [0, 0.1) is 0 Å². The molecule has 1 aliphatic carbocycles. The zero-order valence-electron chi connectivity index (χ0n) is 10.9. The van der Waals surface area contributed by atoms with Crippen LogP contribution in [0.5, 0.6) is 0 Å². The van der Waals surface area contributed by atoms with Crippen molar-refractivity contribution in [3.8, 4) is 0 Å². The van der Waals surface area contributed by atoms with Gasteiger partial charge in [-0.15, -0.1) is 0 Å². The molecule has 98 valence electrons. The van der Waals surface area contributed by atoms with Gasteiger partial charge in [-0.1, -0.05) is 0 Å². The number of anilines is 1. The third kappa shape index (κ3) is 2.88. The molecule has 0 spiro atoms. The van der Waals surface area contributed by atoms with E-state index in [4.69, 9.17) is 5.73 Å². The predicted molar refractivity (Wildman–Crippen MR) is 74.4 cm³/mol. The summed E-state index contributed by atoms with van der Waals surface area (Å²) in [6.07, 6.45) is 1.37. The van der Waals surface area contributed by atoms with Gasteiger partial charge in [0.2, 0.25) is 5.78 Å². The molecule has 19 heavy (non-hydrogen) atoms. The summed E-state index contributed by atoms with van der Waals surface area (Å²) in [5.74, 6) is -0.320. The van der Waals surface area contributed by atoms with Gasteiger partial charge >= 0.3 is 0 Å². The van der Waals surface area contributed by atoms with Gasteiger partial charge in [0, 0.05) is 25.9 Å². The predicted octanol–water partition coefficient (Wildman–Crippen LogP) is 1.33. The molecular weight excluding hydrogens is 242 g/mol. The van der Waals surface area contributed by atoms with E-state index in [2.05, 4.69) is 4.99 Å². The Balaban J connectivity index is 2.31. The van der Waals surface area contributed by atoms with E-state index in [1.807, 2.05) is 0 Å². The molecule has 2 N–H and O–H groups in total. The summed E-state index contributed by atoms with van der Waals surface area (Å²) >= 11 is 0. The van der Waals surface area contributed by atoms with Crippen LogP contribution in [-0.4, -0.2) is 36.3 Å². The summed E-state index contributed by atoms with van der Waals surface area (Å²) < 4.78 is 0. The number of hydrogen-bond donors (Lipinski definition) is 1. The number of hydrogen-bond acceptors (Lipinski definition) is 5. The number of benzene rings is 1. The zero-order valence-corrected chi connectivity index (χ0v) is 10.9. The maximum atomic E-state index is 11.9. The highest BCUT2D eigenvalue weighted by atomic mass is 16.1. The van der Waals surface area contributed by atoms with Crippen LogP contribution in [0.25, 0.3) is 0 Å². The van der Waals surface area contributed by atoms with Crippen molar-refractivity contribution in [3.05, 3.63) is 36.0 Å². The molecule has 0 saturated heterocycles. The largest absolute Gasteiger partial charge is 0.399 e. The monoisotopic (exact) mass is 257 g/mol. The first kappa shape index (κ1) is 13.0. The molecule has 1 aromatic carbocycles. The topological polar surface area (TPSA) is 75.8 Å². The number of likely N-dealkylation sites (N-methyl/N-ethyl adjacent to an activating group) is 1. The number of rotatable bonds is 2. The molecule has 0 aromatic heterocycles. The number of nitrogens with two attached hydrogens (primary N) is 1. The fourth-order valence-corrected chi connectivity index (χ4v) is 1.80. The molecule has 0 heterocycles. The van der Waals surface area contributed by atoms with E-state index >= 15 is 0 Å². The minimum absolute atomic E-state index is 0.0349. The first-order valence-electron chi connectivity index (χ1n) is 5.87. The molecule has 2 rings (SSSR count). The van der Waals surface area contributed by atoms with Crippen molar-refractivity contribution in [1.82, 2.24) is 4.90 Å². The minimum Gasteiger partial charge on any atom is -0.399 e. The van der Waals surface area contributed by atoms with Crippen LogP contribution in [-0.2, 0) is 9.59 Å². The quantitative estimate of drug-likeness (QED) is 0.811. The highest BCUT2D eigenvalue weighted by Crippen LogP contribution is 2.18. The van der Waals surface area contributed by atoms with Crippen LogP contribution in [0.3, 0.4) is 0 Å². The van der Waals surface area contributed by atoms with Crippen LogP contribution >= 0.6 is 0 Å². The third-order valence-electron chi connectivity index (χ3n) is 2.80. The number of carbonyl (C=O) groups is 2. The van der Waals surface area contributed by atoms with E-state index < -0.39 is 0 Å². The van der Waals surface area contributed by atoms with Gasteiger partial charge in [-0.3, -0.25) is 9.59 Å². The van der Waals surface area contributed by atoms with E-state index in [1.54, 1.807) is 43.3 Å². The Morgan fingerprint density at radius 3 is 2.37 bits per heavy atom. The Morgan fingerprint density at radius 2 is 1.79 bits per heavy atom. The van der Waals surface area contributed by atoms with Crippen LogP contribution in [0.2, 0.25) is 0 Å². The first-order chi connectivity index (χ1) is 8.97. The van der Waals surface area contributed by atoms with Crippen LogP contribution in [0.1, 0.15) is 6.42 Å². The molecule has 0 bridgehead atoms. The second kappa shape index (κ2) is 5.06. The summed E-state index contributed by atoms with van der Waals surface area (Å²) in [5, 5.41) is 0. The molecule has 1 aliphatic rings. The molecule has 0 atom stereocenters. The van der Waals surface area contributed by atoms with Crippen molar-refractivity contribution in [2.24, 2.45) is 4.99 Å². The number of nitrogen functional groups attached to an aromatic ring is 1. The number of carbonyl (C=O) groups excluding carboxylic acids is 2. The molecule has 1 aromatic rings. The maximum absolute atomic E-state index is 11.9. The number of ketones is 2. The molecule has 0 saturated carbocycles. The van der Waals surface area contributed by atoms with Gasteiger partial charge in [0.15, 0.2) is 5.78 Å². The van der Waals surface area contributed by atoms with Crippen LogP contribution in [0.4, 0.5) is 11.4 Å². The molecule has 0 fully saturated rings. The van der Waals surface area contributed by atoms with Crippen molar-refractivity contribution in [2.75, 3.05) is 19.8 Å². The number of aliphatic imine (C=N–C) groups is 1.